The molecule has 0 aliphatic carbocycles. The first-order valence-electron chi connectivity index (χ1n) is 9.41. The van der Waals surface area contributed by atoms with Crippen LogP contribution >= 0.6 is 0 Å². The number of carbonyl (C=O) groups excluding carboxylic acids is 3. The number of aliphatic carboxylic acids is 2. The molecule has 5 N–H and O–H groups in total. The van der Waals surface area contributed by atoms with Gasteiger partial charge in [-0.3, -0.25) is 14.6 Å². The second-order valence-electron chi connectivity index (χ2n) is 6.94. The number of benzene rings is 1. The molecule has 11 nitrogen and oxygen atoms in total. The second-order valence-corrected chi connectivity index (χ2v) is 6.94. The first-order chi connectivity index (χ1) is 14.7. The van der Waals surface area contributed by atoms with Crippen molar-refractivity contribution < 1.29 is 83.7 Å². The summed E-state index contributed by atoms with van der Waals surface area (Å²) in [6, 6.07) is 5.03. The van der Waals surface area contributed by atoms with Crippen molar-refractivity contribution in [3.63, 3.8) is 0 Å². The minimum atomic E-state index is -1.57. The van der Waals surface area contributed by atoms with Gasteiger partial charge in [0, 0.05) is 17.7 Å². The number of amides is 1. The molecule has 1 atom stereocenters. The zero-order valence-corrected chi connectivity index (χ0v) is 22.3. The Morgan fingerprint density at radius 3 is 2.26 bits per heavy atom. The SMILES string of the molecule is C.C.Nc1nc2[nH]cc(CCc3ccc(C(=O)N[C@@H](CCC(=O)[O-])C(=O)[O-])cc3)c2c(=O)[nH]1.[Na+].[Na+]. The van der Waals surface area contributed by atoms with Gasteiger partial charge in [-0.05, 0) is 48.9 Å². The minimum Gasteiger partial charge on any atom is -0.550 e. The van der Waals surface area contributed by atoms with Crippen LogP contribution in [0.3, 0.4) is 0 Å². The number of aromatic nitrogens is 3. The molecule has 0 radical (unpaired) electrons. The first kappa shape index (κ1) is 35.0. The zero-order valence-electron chi connectivity index (χ0n) is 18.3. The number of fused-ring (bicyclic) bond motifs is 1. The molecule has 1 aromatic carbocycles. The summed E-state index contributed by atoms with van der Waals surface area (Å²) in [4.78, 5) is 55.4. The Hall–Kier alpha value is -2.15. The fourth-order valence-electron chi connectivity index (χ4n) is 3.17. The molecule has 0 fully saturated rings. The maximum absolute atomic E-state index is 12.2. The second kappa shape index (κ2) is 15.8. The number of hydrogen-bond acceptors (Lipinski definition) is 8. The van der Waals surface area contributed by atoms with Crippen LogP contribution in [-0.2, 0) is 22.4 Å². The molecule has 0 bridgehead atoms. The first-order valence-corrected chi connectivity index (χ1v) is 9.41. The minimum absolute atomic E-state index is 0. The van der Waals surface area contributed by atoms with E-state index < -0.39 is 30.3 Å². The molecule has 0 aliphatic rings. The summed E-state index contributed by atoms with van der Waals surface area (Å²) in [5.74, 6) is -3.62. The molecule has 2 heterocycles. The third-order valence-electron chi connectivity index (χ3n) is 4.77. The number of nitrogens with one attached hydrogen (secondary N) is 3. The van der Waals surface area contributed by atoms with Crippen LogP contribution in [0.25, 0.3) is 11.0 Å². The molecule has 1 amide bonds. The van der Waals surface area contributed by atoms with Crippen molar-refractivity contribution in [2.24, 2.45) is 0 Å². The summed E-state index contributed by atoms with van der Waals surface area (Å²) in [6.07, 6.45) is 1.96. The molecule has 0 unspecified atom stereocenters. The van der Waals surface area contributed by atoms with Crippen molar-refractivity contribution in [2.75, 3.05) is 5.73 Å². The standard InChI is InChI=1S/C20H21N5O6.2CH4.2Na/c21-20-24-16-15(18(29)25-20)12(9-22-16)6-3-10-1-4-11(5-2-10)17(28)23-13(19(30)31)7-8-14(26)27;;;;/h1-2,4-5,9,13H,3,6-8H2,(H,23,28)(H,26,27)(H,30,31)(H4,21,22,24,25,29);2*1H4;;/q;;;2*+1/p-2/t13-;;;;/m0..../s1. The number of anilines is 1. The Labute approximate surface area is 246 Å². The number of carboxylic acids is 2. The van der Waals surface area contributed by atoms with E-state index in [2.05, 4.69) is 20.3 Å². The number of hydrogen-bond donors (Lipinski definition) is 4. The monoisotopic (exact) mass is 503 g/mol. The van der Waals surface area contributed by atoms with Gasteiger partial charge in [-0.25, -0.2) is 0 Å². The van der Waals surface area contributed by atoms with Crippen molar-refractivity contribution >= 4 is 34.8 Å². The van der Waals surface area contributed by atoms with Gasteiger partial charge >= 0.3 is 59.1 Å². The number of carbonyl (C=O) groups is 3. The van der Waals surface area contributed by atoms with Crippen LogP contribution in [0.1, 0.15) is 49.2 Å². The van der Waals surface area contributed by atoms with E-state index in [0.29, 0.717) is 23.9 Å². The molecule has 3 rings (SSSR count). The predicted octanol–water partition coefficient (Wildman–Crippen LogP) is -6.72. The van der Waals surface area contributed by atoms with Gasteiger partial charge in [-0.1, -0.05) is 27.0 Å². The van der Waals surface area contributed by atoms with Crippen LogP contribution in [-0.4, -0.2) is 38.8 Å². The molecule has 0 saturated carbocycles. The third-order valence-corrected chi connectivity index (χ3v) is 4.77. The Morgan fingerprint density at radius 2 is 1.69 bits per heavy atom. The summed E-state index contributed by atoms with van der Waals surface area (Å²) in [5.41, 5.74) is 7.49. The number of rotatable bonds is 9. The van der Waals surface area contributed by atoms with Crippen molar-refractivity contribution in [2.45, 2.75) is 46.6 Å². The Kier molecular flexibility index (Phi) is 15.8. The van der Waals surface area contributed by atoms with Crippen LogP contribution in [0.2, 0.25) is 0 Å². The molecule has 0 spiro atoms. The van der Waals surface area contributed by atoms with Gasteiger partial charge < -0.3 is 35.8 Å². The van der Waals surface area contributed by atoms with E-state index in [1.807, 2.05) is 0 Å². The average Bonchev–Trinajstić information content (AvgIpc) is 3.12. The molecule has 0 aliphatic heterocycles. The van der Waals surface area contributed by atoms with Crippen molar-refractivity contribution in [3.8, 4) is 0 Å². The van der Waals surface area contributed by atoms with Gasteiger partial charge in [0.25, 0.3) is 11.5 Å². The molecule has 2 aromatic heterocycles. The predicted molar refractivity (Wildman–Crippen MR) is 119 cm³/mol. The van der Waals surface area contributed by atoms with Gasteiger partial charge in [0.2, 0.25) is 5.95 Å². The van der Waals surface area contributed by atoms with E-state index in [4.69, 9.17) is 5.73 Å². The van der Waals surface area contributed by atoms with Crippen LogP contribution in [0.4, 0.5) is 5.95 Å². The van der Waals surface area contributed by atoms with Crippen LogP contribution in [0.15, 0.2) is 35.3 Å². The van der Waals surface area contributed by atoms with E-state index in [9.17, 15) is 29.4 Å². The van der Waals surface area contributed by atoms with E-state index in [-0.39, 0.29) is 97.5 Å². The van der Waals surface area contributed by atoms with E-state index >= 15 is 0 Å². The molecular weight excluding hydrogens is 476 g/mol. The largest absolute Gasteiger partial charge is 1.00 e. The van der Waals surface area contributed by atoms with Gasteiger partial charge in [-0.2, -0.15) is 4.98 Å². The van der Waals surface area contributed by atoms with Crippen LogP contribution in [0, 0.1) is 0 Å². The molecular formula is C22H27N5Na2O6. The van der Waals surface area contributed by atoms with Gasteiger partial charge in [0.1, 0.15) is 5.65 Å². The summed E-state index contributed by atoms with van der Waals surface area (Å²) < 4.78 is 0. The Morgan fingerprint density at radius 1 is 1.06 bits per heavy atom. The Bertz CT molecular complexity index is 1190. The number of H-pyrrole nitrogens is 2. The van der Waals surface area contributed by atoms with Crippen molar-refractivity contribution in [1.29, 1.82) is 0 Å². The Balaban J connectivity index is 0. The number of nitrogen functional groups attached to an aromatic ring is 1. The van der Waals surface area contributed by atoms with Gasteiger partial charge in [0.05, 0.1) is 17.4 Å². The van der Waals surface area contributed by atoms with E-state index in [1.54, 1.807) is 18.3 Å². The molecule has 3 aromatic rings. The van der Waals surface area contributed by atoms with Gasteiger partial charge in [0.15, 0.2) is 0 Å². The summed E-state index contributed by atoms with van der Waals surface area (Å²) in [5, 5.41) is 24.3. The quantitative estimate of drug-likeness (QED) is 0.207. The topological polar surface area (TPSA) is 197 Å². The summed E-state index contributed by atoms with van der Waals surface area (Å²) in [7, 11) is 0. The van der Waals surface area contributed by atoms with E-state index in [1.165, 1.54) is 12.1 Å². The number of nitrogens with two attached hydrogens (primary N) is 1. The fraction of sp³-hybridized carbons (Fsp3) is 0.318. The fourth-order valence-corrected chi connectivity index (χ4v) is 3.17. The number of aromatic amines is 2. The van der Waals surface area contributed by atoms with Crippen molar-refractivity contribution in [3.05, 3.63) is 57.5 Å². The van der Waals surface area contributed by atoms with Crippen LogP contribution in [0.5, 0.6) is 0 Å². The number of aryl methyl sites for hydroxylation is 2. The molecule has 0 saturated heterocycles. The maximum atomic E-state index is 12.2. The maximum Gasteiger partial charge on any atom is 1.00 e. The third kappa shape index (κ3) is 9.43. The number of nitrogens with zero attached hydrogens (tertiary/aromatic N) is 1. The van der Waals surface area contributed by atoms with Crippen molar-refractivity contribution in [1.82, 2.24) is 20.3 Å². The molecule has 13 heteroatoms. The average molecular weight is 503 g/mol. The van der Waals surface area contributed by atoms with Crippen LogP contribution < -0.4 is 85.9 Å². The normalized spacial score (nSPS) is 10.5. The van der Waals surface area contributed by atoms with Gasteiger partial charge in [-0.15, -0.1) is 0 Å². The number of carboxylic acid groups (broad SMARTS) is 2. The zero-order chi connectivity index (χ0) is 22.5. The summed E-state index contributed by atoms with van der Waals surface area (Å²) in [6.45, 7) is 0. The smallest absolute Gasteiger partial charge is 0.550 e. The molecule has 178 valence electrons. The summed E-state index contributed by atoms with van der Waals surface area (Å²) >= 11 is 0. The molecule has 35 heavy (non-hydrogen) atoms. The van der Waals surface area contributed by atoms with E-state index in [0.717, 1.165) is 11.1 Å².